The minimum atomic E-state index is -0.648. The highest BCUT2D eigenvalue weighted by Crippen LogP contribution is 2.24. The van der Waals surface area contributed by atoms with E-state index in [1.165, 1.54) is 12.8 Å². The fourth-order valence-corrected chi connectivity index (χ4v) is 4.59. The molecule has 0 unspecified atom stereocenters. The van der Waals surface area contributed by atoms with Crippen LogP contribution in [0.25, 0.3) is 0 Å². The summed E-state index contributed by atoms with van der Waals surface area (Å²) in [6, 6.07) is 0.492. The van der Waals surface area contributed by atoms with Gasteiger partial charge < -0.3 is 10.0 Å². The second-order valence-electron chi connectivity index (χ2n) is 7.97. The molecule has 0 spiro atoms. The summed E-state index contributed by atoms with van der Waals surface area (Å²) in [5.74, 6) is -0.550. The second-order valence-corrected chi connectivity index (χ2v) is 7.97. The van der Waals surface area contributed by atoms with Crippen LogP contribution in [-0.4, -0.2) is 83.5 Å². The van der Waals surface area contributed by atoms with Crippen molar-refractivity contribution in [1.82, 2.24) is 14.7 Å². The highest BCUT2D eigenvalue weighted by atomic mass is 16.4. The van der Waals surface area contributed by atoms with Gasteiger partial charge in [0.15, 0.2) is 0 Å². The van der Waals surface area contributed by atoms with Crippen LogP contribution in [0, 0.1) is 5.92 Å². The summed E-state index contributed by atoms with van der Waals surface area (Å²) in [5, 5.41) is 9.26. The average molecular weight is 351 g/mol. The van der Waals surface area contributed by atoms with Gasteiger partial charge >= 0.3 is 5.97 Å². The Kier molecular flexibility index (Phi) is 6.70. The van der Waals surface area contributed by atoms with Gasteiger partial charge in [-0.05, 0) is 45.1 Å². The molecule has 3 aliphatic heterocycles. The summed E-state index contributed by atoms with van der Waals surface area (Å²) in [5.41, 5.74) is 0. The van der Waals surface area contributed by atoms with Gasteiger partial charge in [0.2, 0.25) is 5.91 Å². The summed E-state index contributed by atoms with van der Waals surface area (Å²) in [6.45, 7) is 6.06. The largest absolute Gasteiger partial charge is 0.481 e. The van der Waals surface area contributed by atoms with Crippen LogP contribution >= 0.6 is 0 Å². The zero-order valence-corrected chi connectivity index (χ0v) is 15.4. The molecule has 3 aliphatic rings. The lowest BCUT2D eigenvalue weighted by atomic mass is 9.94. The fourth-order valence-electron chi connectivity index (χ4n) is 4.59. The minimum Gasteiger partial charge on any atom is -0.481 e. The first-order chi connectivity index (χ1) is 12.1. The first kappa shape index (κ1) is 18.6. The third-order valence-electron chi connectivity index (χ3n) is 6.19. The smallest absolute Gasteiger partial charge is 0.307 e. The van der Waals surface area contributed by atoms with E-state index in [1.807, 2.05) is 0 Å². The monoisotopic (exact) mass is 351 g/mol. The van der Waals surface area contributed by atoms with Gasteiger partial charge in [-0.3, -0.25) is 19.4 Å². The lowest BCUT2D eigenvalue weighted by molar-refractivity contribution is -0.144. The van der Waals surface area contributed by atoms with Gasteiger partial charge in [-0.2, -0.15) is 0 Å². The summed E-state index contributed by atoms with van der Waals surface area (Å²) >= 11 is 0. The molecule has 6 heteroatoms. The molecule has 3 fully saturated rings. The summed E-state index contributed by atoms with van der Waals surface area (Å²) in [7, 11) is 0. The van der Waals surface area contributed by atoms with Crippen molar-refractivity contribution in [3.05, 3.63) is 0 Å². The standard InChI is InChI=1S/C19H33N3O3/c23-18(21-9-3-1-2-4-10-21)15-20-12-7-17(8-13-20)22-11-5-6-16(14-22)19(24)25/h16-17H,1-15H2,(H,24,25)/t16-/m1/s1. The quantitative estimate of drug-likeness (QED) is 0.834. The van der Waals surface area contributed by atoms with Crippen LogP contribution in [0.15, 0.2) is 0 Å². The Bertz CT molecular complexity index is 455. The maximum absolute atomic E-state index is 12.5. The average Bonchev–Trinajstić information content (AvgIpc) is 2.92. The Balaban J connectivity index is 1.42. The highest BCUT2D eigenvalue weighted by Gasteiger charge is 2.32. The van der Waals surface area contributed by atoms with Gasteiger partial charge in [0, 0.05) is 38.8 Å². The van der Waals surface area contributed by atoms with Crippen molar-refractivity contribution in [3.63, 3.8) is 0 Å². The molecule has 0 aromatic rings. The van der Waals surface area contributed by atoms with E-state index in [1.54, 1.807) is 0 Å². The maximum atomic E-state index is 12.5. The van der Waals surface area contributed by atoms with E-state index < -0.39 is 5.97 Å². The number of amides is 1. The van der Waals surface area contributed by atoms with Crippen LogP contribution in [-0.2, 0) is 9.59 Å². The first-order valence-electron chi connectivity index (χ1n) is 10.1. The molecule has 0 aromatic carbocycles. The number of carbonyl (C=O) groups is 2. The van der Waals surface area contributed by atoms with Crippen molar-refractivity contribution in [2.24, 2.45) is 5.92 Å². The SMILES string of the molecule is O=C(O)[C@@H]1CCCN(C2CCN(CC(=O)N3CCCCCC3)CC2)C1. The summed E-state index contributed by atoms with van der Waals surface area (Å²) in [4.78, 5) is 30.5. The molecule has 0 saturated carbocycles. The molecular weight excluding hydrogens is 318 g/mol. The Labute approximate surface area is 151 Å². The molecule has 1 atom stereocenters. The lowest BCUT2D eigenvalue weighted by Crippen LogP contribution is -2.51. The van der Waals surface area contributed by atoms with Crippen molar-refractivity contribution in [3.8, 4) is 0 Å². The molecule has 0 radical (unpaired) electrons. The van der Waals surface area contributed by atoms with Crippen LogP contribution in [0.3, 0.4) is 0 Å². The van der Waals surface area contributed by atoms with Gasteiger partial charge in [-0.1, -0.05) is 12.8 Å². The Morgan fingerprint density at radius 3 is 2.16 bits per heavy atom. The van der Waals surface area contributed by atoms with Crippen LogP contribution < -0.4 is 0 Å². The van der Waals surface area contributed by atoms with Gasteiger partial charge in [-0.25, -0.2) is 0 Å². The number of nitrogens with zero attached hydrogens (tertiary/aromatic N) is 3. The number of rotatable bonds is 4. The van der Waals surface area contributed by atoms with Crippen molar-refractivity contribution in [2.75, 3.05) is 45.8 Å². The van der Waals surface area contributed by atoms with Crippen molar-refractivity contribution >= 4 is 11.9 Å². The van der Waals surface area contributed by atoms with Gasteiger partial charge in [0.05, 0.1) is 12.5 Å². The molecule has 6 nitrogen and oxygen atoms in total. The summed E-state index contributed by atoms with van der Waals surface area (Å²) < 4.78 is 0. The Morgan fingerprint density at radius 1 is 0.840 bits per heavy atom. The maximum Gasteiger partial charge on any atom is 0.307 e. The second kappa shape index (κ2) is 8.99. The van der Waals surface area contributed by atoms with Crippen LogP contribution in [0.5, 0.6) is 0 Å². The van der Waals surface area contributed by atoms with Crippen molar-refractivity contribution < 1.29 is 14.7 Å². The predicted octanol–water partition coefficient (Wildman–Crippen LogP) is 1.65. The molecule has 1 N–H and O–H groups in total. The predicted molar refractivity (Wildman–Crippen MR) is 96.4 cm³/mol. The van der Waals surface area contributed by atoms with E-state index in [4.69, 9.17) is 0 Å². The molecule has 25 heavy (non-hydrogen) atoms. The lowest BCUT2D eigenvalue weighted by Gasteiger charge is -2.41. The number of carboxylic acids is 1. The topological polar surface area (TPSA) is 64.1 Å². The number of piperidine rings is 2. The molecule has 3 heterocycles. The van der Waals surface area contributed by atoms with Crippen molar-refractivity contribution in [1.29, 1.82) is 0 Å². The number of likely N-dealkylation sites (tertiary alicyclic amines) is 3. The number of aliphatic carboxylic acids is 1. The third-order valence-corrected chi connectivity index (χ3v) is 6.19. The van der Waals surface area contributed by atoms with E-state index in [0.29, 0.717) is 25.0 Å². The summed E-state index contributed by atoms with van der Waals surface area (Å²) in [6.07, 6.45) is 8.71. The number of carbonyl (C=O) groups excluding carboxylic acids is 1. The van der Waals surface area contributed by atoms with E-state index >= 15 is 0 Å². The minimum absolute atomic E-state index is 0.198. The molecule has 3 rings (SSSR count). The van der Waals surface area contributed by atoms with Gasteiger partial charge in [0.25, 0.3) is 0 Å². The van der Waals surface area contributed by atoms with Crippen LogP contribution in [0.2, 0.25) is 0 Å². The Hall–Kier alpha value is -1.14. The molecule has 0 aromatic heterocycles. The van der Waals surface area contributed by atoms with Gasteiger partial charge in [0.1, 0.15) is 0 Å². The number of hydrogen-bond donors (Lipinski definition) is 1. The fraction of sp³-hybridized carbons (Fsp3) is 0.895. The highest BCUT2D eigenvalue weighted by molar-refractivity contribution is 5.78. The third kappa shape index (κ3) is 5.17. The number of hydrogen-bond acceptors (Lipinski definition) is 4. The first-order valence-corrected chi connectivity index (χ1v) is 10.1. The van der Waals surface area contributed by atoms with Crippen LogP contribution in [0.1, 0.15) is 51.4 Å². The molecule has 0 bridgehead atoms. The molecular formula is C19H33N3O3. The normalized spacial score (nSPS) is 27.8. The molecule has 1 amide bonds. The van der Waals surface area contributed by atoms with Crippen molar-refractivity contribution in [2.45, 2.75) is 57.4 Å². The molecule has 0 aliphatic carbocycles. The van der Waals surface area contributed by atoms with E-state index in [2.05, 4.69) is 14.7 Å². The van der Waals surface area contributed by atoms with E-state index in [9.17, 15) is 14.7 Å². The van der Waals surface area contributed by atoms with Crippen LogP contribution in [0.4, 0.5) is 0 Å². The van der Waals surface area contributed by atoms with E-state index in [-0.39, 0.29) is 5.92 Å². The number of carboxylic acid groups (broad SMARTS) is 1. The zero-order valence-electron chi connectivity index (χ0n) is 15.4. The van der Waals surface area contributed by atoms with Gasteiger partial charge in [-0.15, -0.1) is 0 Å². The van der Waals surface area contributed by atoms with E-state index in [0.717, 1.165) is 71.2 Å². The molecule has 3 saturated heterocycles. The zero-order chi connectivity index (χ0) is 17.6. The Morgan fingerprint density at radius 2 is 1.52 bits per heavy atom. The molecule has 142 valence electrons.